The summed E-state index contributed by atoms with van der Waals surface area (Å²) in [5.41, 5.74) is -3.17. The molecule has 1 heterocycles. The van der Waals surface area contributed by atoms with Crippen LogP contribution < -0.4 is 17.1 Å². The maximum absolute atomic E-state index is 12.8. The van der Waals surface area contributed by atoms with E-state index in [1.807, 2.05) is 0 Å². The molecular formula is C21H27N3O12. The van der Waals surface area contributed by atoms with Crippen molar-refractivity contribution in [2.24, 2.45) is 0 Å². The van der Waals surface area contributed by atoms with Crippen LogP contribution in [0.5, 0.6) is 0 Å². The molecule has 15 heteroatoms. The molecular weight excluding hydrogens is 486 g/mol. The summed E-state index contributed by atoms with van der Waals surface area (Å²) in [7, 11) is 0. The summed E-state index contributed by atoms with van der Waals surface area (Å²) < 4.78 is 30.1. The van der Waals surface area contributed by atoms with Crippen molar-refractivity contribution in [3.8, 4) is 0 Å². The number of ether oxygens (including phenoxy) is 6. The van der Waals surface area contributed by atoms with Crippen LogP contribution in [0.1, 0.15) is 0 Å². The van der Waals surface area contributed by atoms with Crippen LogP contribution in [0.2, 0.25) is 0 Å². The quantitative estimate of drug-likeness (QED) is 0.177. The van der Waals surface area contributed by atoms with Crippen molar-refractivity contribution in [1.29, 1.82) is 0 Å². The highest BCUT2D eigenvalue weighted by atomic mass is 16.7. The molecule has 0 radical (unpaired) electrons. The van der Waals surface area contributed by atoms with Gasteiger partial charge in [0.15, 0.2) is 0 Å². The molecule has 0 spiro atoms. The molecule has 0 fully saturated rings. The smallest absolute Gasteiger partial charge is 0.432 e. The molecule has 198 valence electrons. The van der Waals surface area contributed by atoms with Crippen molar-refractivity contribution >= 4 is 18.5 Å². The predicted octanol–water partition coefficient (Wildman–Crippen LogP) is 0.189. The number of nitrogens with zero attached hydrogens (tertiary/aromatic N) is 3. The number of hydrogen-bond donors (Lipinski definition) is 0. The highest BCUT2D eigenvalue weighted by Gasteiger charge is 2.17. The third-order valence-electron chi connectivity index (χ3n) is 3.95. The monoisotopic (exact) mass is 513 g/mol. The van der Waals surface area contributed by atoms with Crippen LogP contribution in [0, 0.1) is 0 Å². The molecule has 0 aromatic carbocycles. The average molecular weight is 513 g/mol. The van der Waals surface area contributed by atoms with Gasteiger partial charge in [-0.3, -0.25) is 0 Å². The molecule has 0 aliphatic rings. The number of rotatable bonds is 15. The Morgan fingerprint density at radius 1 is 0.528 bits per heavy atom. The fourth-order valence-corrected chi connectivity index (χ4v) is 2.42. The van der Waals surface area contributed by atoms with Crippen LogP contribution in [0.25, 0.3) is 0 Å². The molecule has 0 atom stereocenters. The van der Waals surface area contributed by atoms with Crippen LogP contribution in [0.3, 0.4) is 0 Å². The lowest BCUT2D eigenvalue weighted by Crippen LogP contribution is -2.55. The maximum atomic E-state index is 12.8. The van der Waals surface area contributed by atoms with Gasteiger partial charge in [-0.2, -0.15) is 0 Å². The standard InChI is InChI=1S/C21H27N3O12/c1-4-10-31-19(28)34-13-7-22-16(25)23(8-14-35-20(29)32-11-5-2)18(27)24(17(22)26)9-15-36-21(30)33-12-6-3/h4-6H,1-3,7-15H2. The third kappa shape index (κ3) is 9.74. The first-order chi connectivity index (χ1) is 17.3. The van der Waals surface area contributed by atoms with Crippen LogP contribution in [0.4, 0.5) is 14.4 Å². The molecule has 0 aliphatic carbocycles. The van der Waals surface area contributed by atoms with E-state index in [4.69, 9.17) is 14.2 Å². The summed E-state index contributed by atoms with van der Waals surface area (Å²) in [5.74, 6) is 0. The molecule has 1 aromatic rings. The van der Waals surface area contributed by atoms with Gasteiger partial charge in [0, 0.05) is 0 Å². The van der Waals surface area contributed by atoms with Crippen molar-refractivity contribution in [3.63, 3.8) is 0 Å². The van der Waals surface area contributed by atoms with Crippen molar-refractivity contribution in [1.82, 2.24) is 13.7 Å². The number of carbonyl (C=O) groups excluding carboxylic acids is 3. The number of carbonyl (C=O) groups is 3. The molecule has 0 amide bonds. The zero-order valence-electron chi connectivity index (χ0n) is 19.5. The van der Waals surface area contributed by atoms with Gasteiger partial charge in [-0.05, 0) is 0 Å². The Labute approximate surface area is 204 Å². The fourth-order valence-electron chi connectivity index (χ4n) is 2.42. The first-order valence-electron chi connectivity index (χ1n) is 10.4. The Hall–Kier alpha value is -4.56. The molecule has 36 heavy (non-hydrogen) atoms. The minimum absolute atomic E-state index is 0.110. The molecule has 0 aliphatic heterocycles. The molecule has 15 nitrogen and oxygen atoms in total. The zero-order chi connectivity index (χ0) is 26.9. The Balaban J connectivity index is 3.09. The second-order valence-electron chi connectivity index (χ2n) is 6.40. The Bertz CT molecular complexity index is 946. The van der Waals surface area contributed by atoms with Gasteiger partial charge in [0.2, 0.25) is 0 Å². The van der Waals surface area contributed by atoms with Gasteiger partial charge in [0.25, 0.3) is 0 Å². The molecule has 1 rings (SSSR count). The van der Waals surface area contributed by atoms with Crippen molar-refractivity contribution < 1.29 is 42.8 Å². The summed E-state index contributed by atoms with van der Waals surface area (Å²) in [6.45, 7) is 7.12. The first-order valence-corrected chi connectivity index (χ1v) is 10.4. The maximum Gasteiger partial charge on any atom is 0.508 e. The summed E-state index contributed by atoms with van der Waals surface area (Å²) in [6, 6.07) is 0. The summed E-state index contributed by atoms with van der Waals surface area (Å²) in [5, 5.41) is 0. The van der Waals surface area contributed by atoms with E-state index in [0.29, 0.717) is 13.7 Å². The van der Waals surface area contributed by atoms with Crippen LogP contribution >= 0.6 is 0 Å². The lowest BCUT2D eigenvalue weighted by atomic mass is 10.5. The summed E-state index contributed by atoms with van der Waals surface area (Å²) >= 11 is 0. The van der Waals surface area contributed by atoms with Crippen molar-refractivity contribution in [3.05, 3.63) is 69.4 Å². The van der Waals surface area contributed by atoms with Gasteiger partial charge in [0.05, 0.1) is 19.6 Å². The van der Waals surface area contributed by atoms with Crippen LogP contribution in [0.15, 0.2) is 52.3 Å². The highest BCUT2D eigenvalue weighted by Crippen LogP contribution is 1.90. The zero-order valence-corrected chi connectivity index (χ0v) is 19.5. The van der Waals surface area contributed by atoms with E-state index in [1.54, 1.807) is 0 Å². The van der Waals surface area contributed by atoms with Gasteiger partial charge in [0.1, 0.15) is 39.6 Å². The predicted molar refractivity (Wildman–Crippen MR) is 122 cm³/mol. The molecule has 0 saturated carbocycles. The minimum Gasteiger partial charge on any atom is -0.432 e. The molecule has 1 aromatic heterocycles. The summed E-state index contributed by atoms with van der Waals surface area (Å²) in [4.78, 5) is 72.7. The Morgan fingerprint density at radius 2 is 0.778 bits per heavy atom. The molecule has 0 unspecified atom stereocenters. The van der Waals surface area contributed by atoms with Crippen molar-refractivity contribution in [2.45, 2.75) is 19.6 Å². The van der Waals surface area contributed by atoms with E-state index in [0.717, 1.165) is 0 Å². The van der Waals surface area contributed by atoms with E-state index < -0.39 is 75.0 Å². The van der Waals surface area contributed by atoms with Crippen LogP contribution in [-0.4, -0.2) is 71.8 Å². The normalized spacial score (nSPS) is 10.0. The van der Waals surface area contributed by atoms with E-state index in [-0.39, 0.29) is 19.8 Å². The van der Waals surface area contributed by atoms with Gasteiger partial charge in [-0.25, -0.2) is 42.5 Å². The number of aromatic nitrogens is 3. The topological polar surface area (TPSA) is 173 Å². The molecule has 0 N–H and O–H groups in total. The van der Waals surface area contributed by atoms with Crippen LogP contribution in [-0.2, 0) is 48.1 Å². The molecule has 0 saturated heterocycles. The van der Waals surface area contributed by atoms with Gasteiger partial charge in [-0.1, -0.05) is 38.0 Å². The van der Waals surface area contributed by atoms with Gasteiger partial charge >= 0.3 is 35.5 Å². The average Bonchev–Trinajstić information content (AvgIpc) is 2.86. The van der Waals surface area contributed by atoms with E-state index in [9.17, 15) is 28.8 Å². The first kappa shape index (κ1) is 29.5. The van der Waals surface area contributed by atoms with E-state index in [1.165, 1.54) is 18.2 Å². The largest absolute Gasteiger partial charge is 0.508 e. The second-order valence-corrected chi connectivity index (χ2v) is 6.40. The Morgan fingerprint density at radius 3 is 1.00 bits per heavy atom. The number of hydrogen-bond acceptors (Lipinski definition) is 12. The lowest BCUT2D eigenvalue weighted by Gasteiger charge is -2.14. The molecule has 0 bridgehead atoms. The van der Waals surface area contributed by atoms with Gasteiger partial charge in [-0.15, -0.1) is 0 Å². The Kier molecular flexibility index (Phi) is 13.2. The highest BCUT2D eigenvalue weighted by molar-refractivity contribution is 5.60. The van der Waals surface area contributed by atoms with E-state index >= 15 is 0 Å². The fraction of sp³-hybridized carbons (Fsp3) is 0.429. The third-order valence-corrected chi connectivity index (χ3v) is 3.95. The second kappa shape index (κ2) is 16.1. The van der Waals surface area contributed by atoms with Gasteiger partial charge < -0.3 is 28.4 Å². The summed E-state index contributed by atoms with van der Waals surface area (Å²) in [6.07, 6.45) is 0.749. The minimum atomic E-state index is -1.06. The SMILES string of the molecule is C=CCOC(=O)OCCn1c(=O)n(CCOC(=O)OCC=C)c(=O)n(CCOC(=O)OCC=C)c1=O. The lowest BCUT2D eigenvalue weighted by molar-refractivity contribution is 0.0583. The van der Waals surface area contributed by atoms with E-state index in [2.05, 4.69) is 33.9 Å². The van der Waals surface area contributed by atoms with Crippen molar-refractivity contribution in [2.75, 3.05) is 39.6 Å².